The highest BCUT2D eigenvalue weighted by Gasteiger charge is 2.33. The number of aromatic nitrogens is 1. The minimum atomic E-state index is -0.0488. The molecule has 1 amide bonds. The van der Waals surface area contributed by atoms with Crippen molar-refractivity contribution in [3.8, 4) is 6.07 Å². The normalized spacial score (nSPS) is 15.3. The van der Waals surface area contributed by atoms with E-state index in [1.807, 2.05) is 103 Å². The summed E-state index contributed by atoms with van der Waals surface area (Å²) >= 11 is 1.42. The number of amides is 1. The number of nitrogens with zero attached hydrogens (tertiary/aromatic N) is 4. The third kappa shape index (κ3) is 5.33. The molecule has 0 bridgehead atoms. The number of amidine groups is 1. The van der Waals surface area contributed by atoms with Gasteiger partial charge in [-0.1, -0.05) is 97.1 Å². The average molecular weight is 539 g/mol. The third-order valence-corrected chi connectivity index (χ3v) is 7.94. The lowest BCUT2D eigenvalue weighted by Crippen LogP contribution is -2.28. The summed E-state index contributed by atoms with van der Waals surface area (Å²) in [5, 5.41) is 11.3. The van der Waals surface area contributed by atoms with Crippen LogP contribution in [0.5, 0.6) is 0 Å². The summed E-state index contributed by atoms with van der Waals surface area (Å²) in [5.74, 6) is -0.0488. The van der Waals surface area contributed by atoms with Crippen molar-refractivity contribution >= 4 is 39.8 Å². The molecule has 6 heteroatoms. The van der Waals surface area contributed by atoms with E-state index in [1.54, 1.807) is 4.90 Å². The van der Waals surface area contributed by atoms with Crippen LogP contribution in [0.4, 0.5) is 0 Å². The van der Waals surface area contributed by atoms with Gasteiger partial charge in [-0.25, -0.2) is 0 Å². The third-order valence-electron chi connectivity index (χ3n) is 6.90. The summed E-state index contributed by atoms with van der Waals surface area (Å²) in [7, 11) is 0. The standard InChI is InChI=1S/C34H26N4OS/c35-20-27-15-7-8-16-28(27)23-37-24-29(30-17-9-10-18-31(30)37)19-32-33(39)38(22-26-13-5-2-6-14-26)34(40-32)36-21-25-11-3-1-4-12-25/h1-19,24H,21-23H2. The number of carbonyl (C=O) groups excluding carboxylic acids is 1. The van der Waals surface area contributed by atoms with E-state index in [0.29, 0.717) is 35.3 Å². The van der Waals surface area contributed by atoms with Crippen molar-refractivity contribution in [1.82, 2.24) is 9.47 Å². The van der Waals surface area contributed by atoms with Crippen molar-refractivity contribution in [2.75, 3.05) is 0 Å². The van der Waals surface area contributed by atoms with Gasteiger partial charge in [0.1, 0.15) is 0 Å². The number of hydrogen-bond acceptors (Lipinski definition) is 4. The fraction of sp³-hybridized carbons (Fsp3) is 0.0882. The number of rotatable bonds is 7. The van der Waals surface area contributed by atoms with Crippen molar-refractivity contribution in [1.29, 1.82) is 5.26 Å². The summed E-state index contributed by atoms with van der Waals surface area (Å²) in [6.45, 7) is 1.54. The van der Waals surface area contributed by atoms with Crippen molar-refractivity contribution in [2.45, 2.75) is 19.6 Å². The van der Waals surface area contributed by atoms with E-state index in [9.17, 15) is 10.1 Å². The Bertz CT molecular complexity index is 1780. The van der Waals surface area contributed by atoms with Crippen LogP contribution < -0.4 is 0 Å². The molecule has 4 aromatic carbocycles. The number of aliphatic imine (C=N–C) groups is 1. The molecule has 0 atom stereocenters. The molecule has 0 saturated carbocycles. The minimum Gasteiger partial charge on any atom is -0.342 e. The zero-order chi connectivity index (χ0) is 27.3. The Morgan fingerprint density at radius 2 is 1.48 bits per heavy atom. The molecule has 0 radical (unpaired) electrons. The SMILES string of the molecule is N#Cc1ccccc1Cn1cc(C=C2SC(=NCc3ccccc3)N(Cc3ccccc3)C2=O)c2ccccc21. The fourth-order valence-electron chi connectivity index (χ4n) is 4.89. The van der Waals surface area contributed by atoms with Crippen LogP contribution in [0.1, 0.15) is 27.8 Å². The number of benzene rings is 4. The first-order valence-electron chi connectivity index (χ1n) is 13.1. The predicted molar refractivity (Wildman–Crippen MR) is 162 cm³/mol. The van der Waals surface area contributed by atoms with Crippen molar-refractivity contribution in [3.63, 3.8) is 0 Å². The highest BCUT2D eigenvalue weighted by molar-refractivity contribution is 8.18. The van der Waals surface area contributed by atoms with Crippen molar-refractivity contribution < 1.29 is 4.79 Å². The van der Waals surface area contributed by atoms with Crippen LogP contribution in [0.25, 0.3) is 17.0 Å². The van der Waals surface area contributed by atoms with E-state index < -0.39 is 0 Å². The summed E-state index contributed by atoms with van der Waals surface area (Å²) in [4.78, 5) is 21.0. The van der Waals surface area contributed by atoms with Gasteiger partial charge in [0.15, 0.2) is 5.17 Å². The first kappa shape index (κ1) is 25.4. The van der Waals surface area contributed by atoms with Gasteiger partial charge in [0.2, 0.25) is 0 Å². The maximum atomic E-state index is 13.8. The molecule has 1 fully saturated rings. The molecule has 5 aromatic rings. The predicted octanol–water partition coefficient (Wildman–Crippen LogP) is 7.23. The Hall–Kier alpha value is -4.86. The van der Waals surface area contributed by atoms with Gasteiger partial charge >= 0.3 is 0 Å². The lowest BCUT2D eigenvalue weighted by Gasteiger charge is -2.15. The number of para-hydroxylation sites is 1. The van der Waals surface area contributed by atoms with Crippen LogP contribution in [0.15, 0.2) is 125 Å². The quantitative estimate of drug-likeness (QED) is 0.205. The average Bonchev–Trinajstić information content (AvgIpc) is 3.49. The van der Waals surface area contributed by atoms with Crippen LogP contribution >= 0.6 is 11.8 Å². The number of hydrogen-bond donors (Lipinski definition) is 0. The molecule has 194 valence electrons. The van der Waals surface area contributed by atoms with Crippen LogP contribution in [0.2, 0.25) is 0 Å². The highest BCUT2D eigenvalue weighted by atomic mass is 32.2. The van der Waals surface area contributed by atoms with Crippen LogP contribution in [0, 0.1) is 11.3 Å². The van der Waals surface area contributed by atoms with Gasteiger partial charge in [0.05, 0.1) is 29.6 Å². The first-order chi connectivity index (χ1) is 19.7. The van der Waals surface area contributed by atoms with E-state index in [0.717, 1.165) is 33.2 Å². The Labute approximate surface area is 237 Å². The van der Waals surface area contributed by atoms with Gasteiger partial charge in [0, 0.05) is 29.2 Å². The fourth-order valence-corrected chi connectivity index (χ4v) is 5.85. The Balaban J connectivity index is 1.36. The molecule has 1 saturated heterocycles. The van der Waals surface area contributed by atoms with E-state index in [2.05, 4.69) is 29.0 Å². The van der Waals surface area contributed by atoms with E-state index in [1.165, 1.54) is 11.8 Å². The summed E-state index contributed by atoms with van der Waals surface area (Å²) in [6, 6.07) is 38.2. The lowest BCUT2D eigenvalue weighted by atomic mass is 10.1. The van der Waals surface area contributed by atoms with Gasteiger partial charge in [-0.05, 0) is 46.7 Å². The van der Waals surface area contributed by atoms with E-state index >= 15 is 0 Å². The Kier molecular flexibility index (Phi) is 7.30. The molecule has 1 aliphatic rings. The molecule has 5 nitrogen and oxygen atoms in total. The van der Waals surface area contributed by atoms with Crippen LogP contribution in [-0.2, 0) is 24.4 Å². The number of fused-ring (bicyclic) bond motifs is 1. The molecule has 0 unspecified atom stereocenters. The second-order valence-electron chi connectivity index (χ2n) is 9.57. The Morgan fingerprint density at radius 1 is 0.800 bits per heavy atom. The summed E-state index contributed by atoms with van der Waals surface area (Å²) < 4.78 is 2.15. The molecule has 0 aliphatic carbocycles. The second-order valence-corrected chi connectivity index (χ2v) is 10.6. The molecular formula is C34H26N4OS. The molecule has 0 N–H and O–H groups in total. The van der Waals surface area contributed by atoms with Gasteiger partial charge in [-0.15, -0.1) is 0 Å². The number of nitriles is 1. The zero-order valence-corrected chi connectivity index (χ0v) is 22.6. The van der Waals surface area contributed by atoms with Crippen molar-refractivity contribution in [3.05, 3.63) is 148 Å². The van der Waals surface area contributed by atoms with Crippen LogP contribution in [-0.4, -0.2) is 20.5 Å². The molecule has 40 heavy (non-hydrogen) atoms. The molecule has 1 aromatic heterocycles. The topological polar surface area (TPSA) is 61.4 Å². The smallest absolute Gasteiger partial charge is 0.267 e. The monoisotopic (exact) mass is 538 g/mol. The molecular weight excluding hydrogens is 512 g/mol. The van der Waals surface area contributed by atoms with E-state index in [4.69, 9.17) is 4.99 Å². The zero-order valence-electron chi connectivity index (χ0n) is 21.8. The minimum absolute atomic E-state index is 0.0488. The largest absolute Gasteiger partial charge is 0.342 e. The maximum absolute atomic E-state index is 13.8. The Morgan fingerprint density at radius 3 is 2.25 bits per heavy atom. The molecule has 2 heterocycles. The second kappa shape index (κ2) is 11.5. The number of thioether (sulfide) groups is 1. The van der Waals surface area contributed by atoms with E-state index in [-0.39, 0.29) is 5.91 Å². The number of carbonyl (C=O) groups is 1. The first-order valence-corrected chi connectivity index (χ1v) is 13.9. The van der Waals surface area contributed by atoms with Crippen molar-refractivity contribution in [2.24, 2.45) is 4.99 Å². The molecule has 1 aliphatic heterocycles. The van der Waals surface area contributed by atoms with Gasteiger partial charge < -0.3 is 4.57 Å². The summed E-state index contributed by atoms with van der Waals surface area (Å²) in [6.07, 6.45) is 4.05. The van der Waals surface area contributed by atoms with Gasteiger partial charge in [-0.3, -0.25) is 14.7 Å². The summed E-state index contributed by atoms with van der Waals surface area (Å²) in [5.41, 5.74) is 5.79. The molecule has 6 rings (SSSR count). The van der Waals surface area contributed by atoms with Gasteiger partial charge in [0.25, 0.3) is 5.91 Å². The van der Waals surface area contributed by atoms with Gasteiger partial charge in [-0.2, -0.15) is 5.26 Å². The molecule has 0 spiro atoms. The van der Waals surface area contributed by atoms with Crippen LogP contribution in [0.3, 0.4) is 0 Å². The maximum Gasteiger partial charge on any atom is 0.267 e. The highest BCUT2D eigenvalue weighted by Crippen LogP contribution is 2.36. The lowest BCUT2D eigenvalue weighted by molar-refractivity contribution is -0.122.